The molecule has 1 saturated carbocycles. The summed E-state index contributed by atoms with van der Waals surface area (Å²) in [6, 6.07) is 4.96. The number of benzene rings is 1. The number of rotatable bonds is 2. The smallest absolute Gasteiger partial charge is 0.123 e. The van der Waals surface area contributed by atoms with Gasteiger partial charge in [0.05, 0.1) is 0 Å². The summed E-state index contributed by atoms with van der Waals surface area (Å²) < 4.78 is 13.2. The lowest BCUT2D eigenvalue weighted by molar-refractivity contribution is 0.387. The van der Waals surface area contributed by atoms with Crippen molar-refractivity contribution in [1.82, 2.24) is 0 Å². The summed E-state index contributed by atoms with van der Waals surface area (Å²) in [4.78, 5) is 0. The van der Waals surface area contributed by atoms with Gasteiger partial charge in [-0.05, 0) is 43.0 Å². The summed E-state index contributed by atoms with van der Waals surface area (Å²) in [6.45, 7) is 6.24. The minimum Gasteiger partial charge on any atom is -0.324 e. The van der Waals surface area contributed by atoms with E-state index in [1.165, 1.54) is 6.07 Å². The summed E-state index contributed by atoms with van der Waals surface area (Å²) in [5.74, 6) is -0.173. The van der Waals surface area contributed by atoms with Gasteiger partial charge in [-0.1, -0.05) is 19.9 Å². The van der Waals surface area contributed by atoms with E-state index in [2.05, 4.69) is 13.8 Å². The van der Waals surface area contributed by atoms with Gasteiger partial charge in [0.15, 0.2) is 0 Å². The van der Waals surface area contributed by atoms with Crippen molar-refractivity contribution in [2.75, 3.05) is 0 Å². The number of halogens is 1. The van der Waals surface area contributed by atoms with Crippen LogP contribution >= 0.6 is 0 Å². The molecule has 1 aromatic carbocycles. The van der Waals surface area contributed by atoms with E-state index < -0.39 is 0 Å². The van der Waals surface area contributed by atoms with Gasteiger partial charge in [-0.15, -0.1) is 0 Å². The molecule has 2 heteroatoms. The predicted octanol–water partition coefficient (Wildman–Crippen LogP) is 2.90. The first-order chi connectivity index (χ1) is 6.87. The van der Waals surface area contributed by atoms with Crippen molar-refractivity contribution in [3.63, 3.8) is 0 Å². The lowest BCUT2D eigenvalue weighted by Crippen LogP contribution is -2.43. The zero-order valence-electron chi connectivity index (χ0n) is 9.60. The highest BCUT2D eigenvalue weighted by Crippen LogP contribution is 2.49. The van der Waals surface area contributed by atoms with Crippen LogP contribution in [-0.2, 0) is 5.41 Å². The molecule has 0 amide bonds. The van der Waals surface area contributed by atoms with E-state index in [4.69, 9.17) is 5.73 Å². The van der Waals surface area contributed by atoms with E-state index >= 15 is 0 Å². The lowest BCUT2D eigenvalue weighted by Gasteiger charge is -2.34. The van der Waals surface area contributed by atoms with Crippen LogP contribution in [0.3, 0.4) is 0 Å². The first kappa shape index (κ1) is 10.6. The Bertz CT molecular complexity index is 392. The van der Waals surface area contributed by atoms with E-state index in [0.29, 0.717) is 0 Å². The Kier molecular flexibility index (Phi) is 2.16. The zero-order chi connectivity index (χ0) is 11.3. The molecule has 0 bridgehead atoms. The largest absolute Gasteiger partial charge is 0.324 e. The molecule has 0 radical (unpaired) electrons. The van der Waals surface area contributed by atoms with Crippen molar-refractivity contribution >= 4 is 0 Å². The van der Waals surface area contributed by atoms with E-state index in [1.807, 2.05) is 13.0 Å². The molecule has 0 aromatic heterocycles. The molecule has 2 rings (SSSR count). The average molecular weight is 207 g/mol. The fraction of sp³-hybridized carbons (Fsp3) is 0.538. The quantitative estimate of drug-likeness (QED) is 0.792. The van der Waals surface area contributed by atoms with Crippen LogP contribution in [0, 0.1) is 12.7 Å². The molecule has 1 aliphatic carbocycles. The van der Waals surface area contributed by atoms with Crippen LogP contribution in [0.15, 0.2) is 18.2 Å². The molecule has 1 aromatic rings. The molecule has 0 spiro atoms. The lowest BCUT2D eigenvalue weighted by atomic mass is 9.74. The molecule has 82 valence electrons. The monoisotopic (exact) mass is 207 g/mol. The molecule has 1 fully saturated rings. The van der Waals surface area contributed by atoms with Gasteiger partial charge in [0.1, 0.15) is 5.82 Å². The molecule has 2 N–H and O–H groups in total. The number of hydrogen-bond acceptors (Lipinski definition) is 1. The second kappa shape index (κ2) is 3.05. The summed E-state index contributed by atoms with van der Waals surface area (Å²) >= 11 is 0. The van der Waals surface area contributed by atoms with E-state index in [-0.39, 0.29) is 16.8 Å². The highest BCUT2D eigenvalue weighted by Gasteiger charge is 2.52. The maximum atomic E-state index is 13.2. The first-order valence-corrected chi connectivity index (χ1v) is 5.42. The molecule has 15 heavy (non-hydrogen) atoms. The van der Waals surface area contributed by atoms with Crippen molar-refractivity contribution in [3.05, 3.63) is 35.1 Å². The second-order valence-electron chi connectivity index (χ2n) is 5.24. The topological polar surface area (TPSA) is 26.0 Å². The molecule has 0 aliphatic heterocycles. The van der Waals surface area contributed by atoms with E-state index in [0.717, 1.165) is 24.0 Å². The standard InChI is InChI=1S/C13H18FN/c1-9-4-5-10(14)8-11(9)12(2,3)13(15)6-7-13/h4-5,8H,6-7,15H2,1-3H3. The van der Waals surface area contributed by atoms with Gasteiger partial charge in [-0.2, -0.15) is 0 Å². The van der Waals surface area contributed by atoms with Crippen LogP contribution in [0.4, 0.5) is 4.39 Å². The third-order valence-corrected chi connectivity index (χ3v) is 3.91. The number of nitrogens with two attached hydrogens (primary N) is 1. The van der Waals surface area contributed by atoms with Crippen LogP contribution < -0.4 is 5.73 Å². The summed E-state index contributed by atoms with van der Waals surface area (Å²) in [5, 5.41) is 0. The molecule has 1 aliphatic rings. The van der Waals surface area contributed by atoms with Crippen molar-refractivity contribution in [2.45, 2.75) is 44.6 Å². The number of aryl methyl sites for hydroxylation is 1. The van der Waals surface area contributed by atoms with Gasteiger partial charge in [-0.3, -0.25) is 0 Å². The molecule has 0 heterocycles. The summed E-state index contributed by atoms with van der Waals surface area (Å²) in [5.41, 5.74) is 8.15. The van der Waals surface area contributed by atoms with Crippen molar-refractivity contribution < 1.29 is 4.39 Å². The Hall–Kier alpha value is -0.890. The van der Waals surface area contributed by atoms with Crippen LogP contribution in [0.1, 0.15) is 37.8 Å². The van der Waals surface area contributed by atoms with Gasteiger partial charge in [0.2, 0.25) is 0 Å². The van der Waals surface area contributed by atoms with Gasteiger partial charge >= 0.3 is 0 Å². The maximum absolute atomic E-state index is 13.2. The third-order valence-electron chi connectivity index (χ3n) is 3.91. The fourth-order valence-electron chi connectivity index (χ4n) is 2.30. The second-order valence-corrected chi connectivity index (χ2v) is 5.24. The zero-order valence-corrected chi connectivity index (χ0v) is 9.60. The predicted molar refractivity (Wildman–Crippen MR) is 60.3 cm³/mol. The molecule has 0 saturated heterocycles. The normalized spacial score (nSPS) is 19.0. The maximum Gasteiger partial charge on any atom is 0.123 e. The Labute approximate surface area is 90.5 Å². The molecule has 1 nitrogen and oxygen atoms in total. The highest BCUT2D eigenvalue weighted by atomic mass is 19.1. The molecule has 0 atom stereocenters. The van der Waals surface area contributed by atoms with Crippen LogP contribution in [0.5, 0.6) is 0 Å². The Morgan fingerprint density at radius 1 is 1.33 bits per heavy atom. The van der Waals surface area contributed by atoms with Crippen molar-refractivity contribution in [2.24, 2.45) is 5.73 Å². The van der Waals surface area contributed by atoms with Crippen LogP contribution in [0.25, 0.3) is 0 Å². The Morgan fingerprint density at radius 2 is 1.93 bits per heavy atom. The average Bonchev–Trinajstić information content (AvgIpc) is 2.89. The first-order valence-electron chi connectivity index (χ1n) is 5.42. The van der Waals surface area contributed by atoms with Gasteiger partial charge in [0.25, 0.3) is 0 Å². The minimum atomic E-state index is -0.173. The Balaban J connectivity index is 2.48. The summed E-state index contributed by atoms with van der Waals surface area (Å²) in [6.07, 6.45) is 2.08. The van der Waals surface area contributed by atoms with Crippen LogP contribution in [0.2, 0.25) is 0 Å². The van der Waals surface area contributed by atoms with Crippen molar-refractivity contribution in [1.29, 1.82) is 0 Å². The number of hydrogen-bond donors (Lipinski definition) is 1. The summed E-state index contributed by atoms with van der Waals surface area (Å²) in [7, 11) is 0. The van der Waals surface area contributed by atoms with Gasteiger partial charge < -0.3 is 5.73 Å². The minimum absolute atomic E-state index is 0.133. The van der Waals surface area contributed by atoms with E-state index in [1.54, 1.807) is 6.07 Å². The van der Waals surface area contributed by atoms with Gasteiger partial charge in [0, 0.05) is 11.0 Å². The van der Waals surface area contributed by atoms with Crippen molar-refractivity contribution in [3.8, 4) is 0 Å². The molecular weight excluding hydrogens is 189 g/mol. The fourth-order valence-corrected chi connectivity index (χ4v) is 2.30. The SMILES string of the molecule is Cc1ccc(F)cc1C(C)(C)C1(N)CC1. The van der Waals surface area contributed by atoms with E-state index in [9.17, 15) is 4.39 Å². The van der Waals surface area contributed by atoms with Gasteiger partial charge in [-0.25, -0.2) is 4.39 Å². The van der Waals surface area contributed by atoms with Crippen LogP contribution in [-0.4, -0.2) is 5.54 Å². The Morgan fingerprint density at radius 3 is 2.47 bits per heavy atom. The third kappa shape index (κ3) is 1.57. The highest BCUT2D eigenvalue weighted by molar-refractivity contribution is 5.38. The molecule has 0 unspecified atom stereocenters. The molecular formula is C13H18FN.